The maximum Gasteiger partial charge on any atom is 0.230 e. The van der Waals surface area contributed by atoms with Crippen molar-refractivity contribution in [1.82, 2.24) is 10.6 Å². The Labute approximate surface area is 124 Å². The molecule has 1 aromatic rings. The molecule has 0 heterocycles. The number of carbonyl (C=O) groups excluding carboxylic acids is 2. The SMILES string of the molecule is C#CCNC(=O)CCNC(=O)C(C)(C)c1ccccc1F. The van der Waals surface area contributed by atoms with Gasteiger partial charge in [0.15, 0.2) is 0 Å². The van der Waals surface area contributed by atoms with Crippen LogP contribution in [-0.2, 0) is 15.0 Å². The van der Waals surface area contributed by atoms with Gasteiger partial charge >= 0.3 is 0 Å². The fourth-order valence-electron chi connectivity index (χ4n) is 1.84. The summed E-state index contributed by atoms with van der Waals surface area (Å²) >= 11 is 0. The van der Waals surface area contributed by atoms with E-state index in [1.54, 1.807) is 32.0 Å². The third kappa shape index (κ3) is 4.60. The Kier molecular flexibility index (Phi) is 5.92. The van der Waals surface area contributed by atoms with Crippen molar-refractivity contribution in [3.8, 4) is 12.3 Å². The molecule has 5 heteroatoms. The Morgan fingerprint density at radius 3 is 2.57 bits per heavy atom. The van der Waals surface area contributed by atoms with E-state index in [1.165, 1.54) is 6.07 Å². The minimum absolute atomic E-state index is 0.126. The van der Waals surface area contributed by atoms with Gasteiger partial charge in [0, 0.05) is 18.5 Å². The highest BCUT2D eigenvalue weighted by Crippen LogP contribution is 2.25. The maximum absolute atomic E-state index is 13.8. The predicted molar refractivity (Wildman–Crippen MR) is 78.9 cm³/mol. The lowest BCUT2D eigenvalue weighted by Crippen LogP contribution is -2.42. The van der Waals surface area contributed by atoms with Crippen LogP contribution in [0.25, 0.3) is 0 Å². The summed E-state index contributed by atoms with van der Waals surface area (Å²) in [5.41, 5.74) is -0.694. The summed E-state index contributed by atoms with van der Waals surface area (Å²) in [7, 11) is 0. The van der Waals surface area contributed by atoms with E-state index < -0.39 is 11.2 Å². The minimum atomic E-state index is -1.01. The summed E-state index contributed by atoms with van der Waals surface area (Å²) in [5, 5.41) is 5.14. The van der Waals surface area contributed by atoms with Crippen LogP contribution in [0, 0.1) is 18.2 Å². The average Bonchev–Trinajstić information content (AvgIpc) is 2.45. The first kappa shape index (κ1) is 16.7. The molecule has 2 N–H and O–H groups in total. The molecule has 0 radical (unpaired) electrons. The van der Waals surface area contributed by atoms with E-state index in [2.05, 4.69) is 16.6 Å². The van der Waals surface area contributed by atoms with Crippen LogP contribution in [0.4, 0.5) is 4.39 Å². The molecule has 0 aliphatic rings. The largest absolute Gasteiger partial charge is 0.355 e. The van der Waals surface area contributed by atoms with E-state index >= 15 is 0 Å². The summed E-state index contributed by atoms with van der Waals surface area (Å²) in [6.45, 7) is 3.61. The van der Waals surface area contributed by atoms with Crippen molar-refractivity contribution in [3.63, 3.8) is 0 Å². The number of terminal acetylenes is 1. The molecule has 0 aromatic heterocycles. The van der Waals surface area contributed by atoms with Crippen LogP contribution < -0.4 is 10.6 Å². The van der Waals surface area contributed by atoms with Crippen LogP contribution in [0.15, 0.2) is 24.3 Å². The summed E-state index contributed by atoms with van der Waals surface area (Å²) in [6, 6.07) is 6.15. The number of rotatable bonds is 6. The van der Waals surface area contributed by atoms with Crippen LogP contribution in [0.2, 0.25) is 0 Å². The summed E-state index contributed by atoms with van der Waals surface area (Å²) in [6.07, 6.45) is 5.15. The van der Waals surface area contributed by atoms with Gasteiger partial charge in [-0.1, -0.05) is 24.1 Å². The number of halogens is 1. The molecule has 4 nitrogen and oxygen atoms in total. The highest BCUT2D eigenvalue weighted by Gasteiger charge is 2.31. The van der Waals surface area contributed by atoms with E-state index in [-0.39, 0.29) is 31.3 Å². The van der Waals surface area contributed by atoms with Crippen molar-refractivity contribution < 1.29 is 14.0 Å². The van der Waals surface area contributed by atoms with Gasteiger partial charge in [-0.3, -0.25) is 9.59 Å². The molecule has 0 bridgehead atoms. The molecule has 2 amide bonds. The van der Waals surface area contributed by atoms with Gasteiger partial charge in [-0.25, -0.2) is 4.39 Å². The highest BCUT2D eigenvalue weighted by atomic mass is 19.1. The Morgan fingerprint density at radius 2 is 1.95 bits per heavy atom. The Hall–Kier alpha value is -2.35. The van der Waals surface area contributed by atoms with Gasteiger partial charge in [0.2, 0.25) is 11.8 Å². The second-order valence-electron chi connectivity index (χ2n) is 5.09. The smallest absolute Gasteiger partial charge is 0.230 e. The van der Waals surface area contributed by atoms with Crippen LogP contribution >= 0.6 is 0 Å². The van der Waals surface area contributed by atoms with E-state index in [0.717, 1.165) is 0 Å². The Morgan fingerprint density at radius 1 is 1.29 bits per heavy atom. The first-order chi connectivity index (χ1) is 9.89. The molecule has 0 aliphatic heterocycles. The van der Waals surface area contributed by atoms with E-state index in [9.17, 15) is 14.0 Å². The second-order valence-corrected chi connectivity index (χ2v) is 5.09. The number of carbonyl (C=O) groups is 2. The number of benzene rings is 1. The molecule has 0 aliphatic carbocycles. The predicted octanol–water partition coefficient (Wildman–Crippen LogP) is 1.36. The fourth-order valence-corrected chi connectivity index (χ4v) is 1.84. The van der Waals surface area contributed by atoms with Gasteiger partial charge in [0.05, 0.1) is 12.0 Å². The van der Waals surface area contributed by atoms with E-state index in [0.29, 0.717) is 5.56 Å². The molecule has 0 saturated carbocycles. The zero-order valence-corrected chi connectivity index (χ0v) is 12.2. The van der Waals surface area contributed by atoms with E-state index in [4.69, 9.17) is 6.42 Å². The van der Waals surface area contributed by atoms with Crippen LogP contribution in [0.1, 0.15) is 25.8 Å². The van der Waals surface area contributed by atoms with Gasteiger partial charge in [0.25, 0.3) is 0 Å². The Balaban J connectivity index is 2.57. The highest BCUT2D eigenvalue weighted by molar-refractivity contribution is 5.87. The molecule has 0 fully saturated rings. The van der Waals surface area contributed by atoms with Gasteiger partial charge in [0.1, 0.15) is 5.82 Å². The lowest BCUT2D eigenvalue weighted by Gasteiger charge is -2.24. The summed E-state index contributed by atoms with van der Waals surface area (Å²) in [5.74, 6) is 1.29. The molecule has 0 atom stereocenters. The van der Waals surface area contributed by atoms with Crippen LogP contribution in [-0.4, -0.2) is 24.9 Å². The molecule has 1 rings (SSSR count). The lowest BCUT2D eigenvalue weighted by atomic mass is 9.83. The van der Waals surface area contributed by atoms with Crippen LogP contribution in [0.3, 0.4) is 0 Å². The molecule has 0 unspecified atom stereocenters. The number of hydrogen-bond donors (Lipinski definition) is 2. The molecular formula is C16H19FN2O2. The molecule has 0 spiro atoms. The van der Waals surface area contributed by atoms with Crippen LogP contribution in [0.5, 0.6) is 0 Å². The molecule has 21 heavy (non-hydrogen) atoms. The summed E-state index contributed by atoms with van der Waals surface area (Å²) in [4.78, 5) is 23.5. The monoisotopic (exact) mass is 290 g/mol. The van der Waals surface area contributed by atoms with Gasteiger partial charge in [-0.2, -0.15) is 0 Å². The van der Waals surface area contributed by atoms with Gasteiger partial charge < -0.3 is 10.6 Å². The van der Waals surface area contributed by atoms with Crippen molar-refractivity contribution >= 4 is 11.8 Å². The minimum Gasteiger partial charge on any atom is -0.355 e. The average molecular weight is 290 g/mol. The molecule has 112 valence electrons. The fraction of sp³-hybridized carbons (Fsp3) is 0.375. The van der Waals surface area contributed by atoms with Crippen molar-refractivity contribution in [3.05, 3.63) is 35.6 Å². The third-order valence-corrected chi connectivity index (χ3v) is 3.14. The normalized spacial score (nSPS) is 10.6. The molecule has 0 saturated heterocycles. The number of amides is 2. The first-order valence-electron chi connectivity index (χ1n) is 6.63. The van der Waals surface area contributed by atoms with Crippen molar-refractivity contribution in [2.75, 3.05) is 13.1 Å². The van der Waals surface area contributed by atoms with Crippen molar-refractivity contribution in [2.24, 2.45) is 0 Å². The van der Waals surface area contributed by atoms with E-state index in [1.807, 2.05) is 0 Å². The topological polar surface area (TPSA) is 58.2 Å². The zero-order valence-electron chi connectivity index (χ0n) is 12.2. The van der Waals surface area contributed by atoms with Crippen molar-refractivity contribution in [2.45, 2.75) is 25.7 Å². The quantitative estimate of drug-likeness (QED) is 0.777. The second kappa shape index (κ2) is 7.44. The zero-order chi connectivity index (χ0) is 15.9. The number of nitrogens with one attached hydrogen (secondary N) is 2. The summed E-state index contributed by atoms with van der Waals surface area (Å²) < 4.78 is 13.8. The molecule has 1 aromatic carbocycles. The first-order valence-corrected chi connectivity index (χ1v) is 6.63. The molecular weight excluding hydrogens is 271 g/mol. The standard InChI is InChI=1S/C16H19FN2O2/c1-4-10-18-14(20)9-11-19-15(21)16(2,3)12-7-5-6-8-13(12)17/h1,5-8H,9-11H2,2-3H3,(H,18,20)(H,19,21). The lowest BCUT2D eigenvalue weighted by molar-refractivity contribution is -0.126. The maximum atomic E-state index is 13.8. The van der Waals surface area contributed by atoms with Crippen molar-refractivity contribution in [1.29, 1.82) is 0 Å². The van der Waals surface area contributed by atoms with Gasteiger partial charge in [-0.15, -0.1) is 6.42 Å². The number of hydrogen-bond acceptors (Lipinski definition) is 2. The Bertz CT molecular complexity index is 562. The van der Waals surface area contributed by atoms with Gasteiger partial charge in [-0.05, 0) is 19.9 Å². The third-order valence-electron chi connectivity index (χ3n) is 3.14.